The summed E-state index contributed by atoms with van der Waals surface area (Å²) in [5.41, 5.74) is 0. The fourth-order valence-corrected chi connectivity index (χ4v) is 12.7. The van der Waals surface area contributed by atoms with Gasteiger partial charge in [0.25, 0.3) is 0 Å². The molecule has 12 unspecified atom stereocenters. The smallest absolute Gasteiger partial charge is 0.220 e. The zero-order chi connectivity index (χ0) is 61.6. The highest BCUT2D eigenvalue weighted by molar-refractivity contribution is 5.76. The van der Waals surface area contributed by atoms with Crippen LogP contribution in [0, 0.1) is 0 Å². The summed E-state index contributed by atoms with van der Waals surface area (Å²) in [4.78, 5) is 13.4. The molecule has 14 nitrogen and oxygen atoms in total. The summed E-state index contributed by atoms with van der Waals surface area (Å²) in [6, 6.07) is -0.824. The molecule has 0 aromatic carbocycles. The summed E-state index contributed by atoms with van der Waals surface area (Å²) >= 11 is 0. The van der Waals surface area contributed by atoms with Crippen molar-refractivity contribution in [2.24, 2.45) is 0 Å². The molecule has 2 saturated heterocycles. The lowest BCUT2D eigenvalue weighted by molar-refractivity contribution is -0.359. The third-order valence-electron chi connectivity index (χ3n) is 18.6. The van der Waals surface area contributed by atoms with Crippen LogP contribution in [0.5, 0.6) is 0 Å². The molecule has 0 spiro atoms. The number of aliphatic hydroxyl groups excluding tert-OH is 8. The first-order chi connectivity index (χ1) is 41.6. The molecule has 0 bridgehead atoms. The predicted molar refractivity (Wildman–Crippen MR) is 346 cm³/mol. The van der Waals surface area contributed by atoms with Gasteiger partial charge in [0, 0.05) is 6.42 Å². The molecule has 2 aliphatic heterocycles. The fraction of sp³-hybridized carbons (Fsp3) is 0.986. The average Bonchev–Trinajstić information content (AvgIpc) is 3.67. The van der Waals surface area contributed by atoms with Crippen LogP contribution in [-0.4, -0.2) is 140 Å². The van der Waals surface area contributed by atoms with Crippen molar-refractivity contribution in [3.8, 4) is 0 Å². The normalized spacial score (nSPS) is 23.4. The highest BCUT2D eigenvalue weighted by Crippen LogP contribution is 2.30. The zero-order valence-corrected chi connectivity index (χ0v) is 55.1. The maximum Gasteiger partial charge on any atom is 0.220 e. The fourth-order valence-electron chi connectivity index (χ4n) is 12.7. The van der Waals surface area contributed by atoms with Gasteiger partial charge >= 0.3 is 0 Å². The molecule has 0 aliphatic carbocycles. The van der Waals surface area contributed by atoms with Crippen molar-refractivity contribution in [3.05, 3.63) is 0 Å². The average molecular weight is 1210 g/mol. The van der Waals surface area contributed by atoms with Crippen molar-refractivity contribution in [1.82, 2.24) is 5.32 Å². The Morgan fingerprint density at radius 3 is 1.00 bits per heavy atom. The molecule has 9 N–H and O–H groups in total. The molecule has 2 aliphatic rings. The molecule has 0 aromatic heterocycles. The maximum atomic E-state index is 13.4. The maximum absolute atomic E-state index is 13.4. The van der Waals surface area contributed by atoms with Crippen molar-refractivity contribution in [3.63, 3.8) is 0 Å². The lowest BCUT2D eigenvalue weighted by Crippen LogP contribution is -2.65. The van der Waals surface area contributed by atoms with Crippen molar-refractivity contribution in [1.29, 1.82) is 0 Å². The summed E-state index contributed by atoms with van der Waals surface area (Å²) in [6.07, 6.45) is 51.3. The van der Waals surface area contributed by atoms with Crippen LogP contribution in [0.1, 0.15) is 354 Å². The number of hydrogen-bond donors (Lipinski definition) is 9. The van der Waals surface area contributed by atoms with Crippen LogP contribution in [0.3, 0.4) is 0 Å². The number of nitrogens with one attached hydrogen (secondary N) is 1. The summed E-state index contributed by atoms with van der Waals surface area (Å²) in [5.74, 6) is -0.197. The standard InChI is InChI=1S/C71H139NO13/c1-3-5-7-9-11-13-15-17-19-21-23-25-27-28-29-30-31-32-33-34-36-38-40-42-44-46-48-50-52-54-60(75)59(58-82-70-68(81)66(79)69(62(57-74)84-70)85-71-67(80)65(78)64(77)61(56-73)83-71)72-63(76)55-53-51-49-47-45-43-41-39-37-35-26-24-22-20-18-16-14-12-10-8-6-4-2/h59-62,64-71,73-75,77-81H,3-58H2,1-2H3,(H,72,76). The third-order valence-corrected chi connectivity index (χ3v) is 18.6. The first kappa shape index (κ1) is 80.1. The Kier molecular flexibility index (Phi) is 53.6. The lowest BCUT2D eigenvalue weighted by Gasteiger charge is -2.46. The molecule has 2 heterocycles. The molecular weight excluding hydrogens is 1070 g/mol. The van der Waals surface area contributed by atoms with Crippen molar-refractivity contribution in [2.75, 3.05) is 19.8 Å². The highest BCUT2D eigenvalue weighted by atomic mass is 16.7. The number of aliphatic hydroxyl groups is 8. The second-order valence-electron chi connectivity index (χ2n) is 26.4. The van der Waals surface area contributed by atoms with E-state index < -0.39 is 86.8 Å². The molecule has 2 rings (SSSR count). The largest absolute Gasteiger partial charge is 0.394 e. The van der Waals surface area contributed by atoms with Gasteiger partial charge in [0.1, 0.15) is 48.8 Å². The summed E-state index contributed by atoms with van der Waals surface area (Å²) in [7, 11) is 0. The van der Waals surface area contributed by atoms with E-state index in [-0.39, 0.29) is 12.5 Å². The van der Waals surface area contributed by atoms with Crippen LogP contribution in [0.2, 0.25) is 0 Å². The van der Waals surface area contributed by atoms with E-state index in [4.69, 9.17) is 18.9 Å². The van der Waals surface area contributed by atoms with E-state index in [2.05, 4.69) is 19.2 Å². The third kappa shape index (κ3) is 41.2. The minimum absolute atomic E-state index is 0.197. The molecule has 14 heteroatoms. The van der Waals surface area contributed by atoms with E-state index >= 15 is 0 Å². The summed E-state index contributed by atoms with van der Waals surface area (Å²) in [5, 5.41) is 87.7. The van der Waals surface area contributed by atoms with E-state index in [9.17, 15) is 45.6 Å². The van der Waals surface area contributed by atoms with E-state index in [1.165, 1.54) is 276 Å². The van der Waals surface area contributed by atoms with Crippen LogP contribution in [0.4, 0.5) is 0 Å². The molecule has 1 amide bonds. The lowest BCUT2D eigenvalue weighted by atomic mass is 9.97. The van der Waals surface area contributed by atoms with E-state index in [1.54, 1.807) is 0 Å². The SMILES string of the molecule is CCCCCCCCCCCCCCCCCCCCCCCCCCCCCCCC(O)C(COC1OC(CO)C(OC2OC(CO)C(O)C(O)C2O)C(O)C1O)NC(=O)CCCCCCCCCCCCCCCCCCCCCCCC. The first-order valence-electron chi connectivity index (χ1n) is 36.8. The van der Waals surface area contributed by atoms with Gasteiger partial charge in [-0.25, -0.2) is 0 Å². The molecule has 506 valence electrons. The number of rotatable bonds is 62. The summed E-state index contributed by atoms with van der Waals surface area (Å²) < 4.78 is 22.9. The predicted octanol–water partition coefficient (Wildman–Crippen LogP) is 15.2. The molecule has 2 fully saturated rings. The van der Waals surface area contributed by atoms with Gasteiger partial charge < -0.3 is 65.1 Å². The molecule has 0 saturated carbocycles. The second-order valence-corrected chi connectivity index (χ2v) is 26.4. The number of carbonyl (C=O) groups is 1. The highest BCUT2D eigenvalue weighted by Gasteiger charge is 2.51. The van der Waals surface area contributed by atoms with Gasteiger partial charge in [-0.05, 0) is 12.8 Å². The van der Waals surface area contributed by atoms with Crippen LogP contribution in [0.15, 0.2) is 0 Å². The molecule has 0 aromatic rings. The van der Waals surface area contributed by atoms with Gasteiger partial charge in [-0.2, -0.15) is 0 Å². The van der Waals surface area contributed by atoms with E-state index in [0.29, 0.717) is 12.8 Å². The van der Waals surface area contributed by atoms with E-state index in [1.807, 2.05) is 0 Å². The van der Waals surface area contributed by atoms with Crippen molar-refractivity contribution in [2.45, 2.75) is 428 Å². The Morgan fingerprint density at radius 1 is 0.376 bits per heavy atom. The summed E-state index contributed by atoms with van der Waals surface area (Å²) in [6.45, 7) is 2.94. The van der Waals surface area contributed by atoms with Crippen molar-refractivity contribution >= 4 is 5.91 Å². The Balaban J connectivity index is 1.64. The Labute approximate surface area is 521 Å². The van der Waals surface area contributed by atoms with Crippen LogP contribution in [0.25, 0.3) is 0 Å². The minimum Gasteiger partial charge on any atom is -0.394 e. The molecule has 0 radical (unpaired) electrons. The van der Waals surface area contributed by atoms with Crippen LogP contribution >= 0.6 is 0 Å². The quantitative estimate of drug-likeness (QED) is 0.0259. The Morgan fingerprint density at radius 2 is 0.671 bits per heavy atom. The van der Waals surface area contributed by atoms with E-state index in [0.717, 1.165) is 51.4 Å². The molecule has 85 heavy (non-hydrogen) atoms. The minimum atomic E-state index is -1.78. The Bertz CT molecular complexity index is 1430. The Hall–Kier alpha value is -1.01. The van der Waals surface area contributed by atoms with Gasteiger partial charge in [0.05, 0.1) is 32.0 Å². The van der Waals surface area contributed by atoms with Gasteiger partial charge in [0.15, 0.2) is 12.6 Å². The number of amides is 1. The van der Waals surface area contributed by atoms with Crippen LogP contribution < -0.4 is 5.32 Å². The number of ether oxygens (including phenoxy) is 4. The van der Waals surface area contributed by atoms with Gasteiger partial charge in [-0.3, -0.25) is 4.79 Å². The monoisotopic (exact) mass is 1210 g/mol. The van der Waals surface area contributed by atoms with Crippen molar-refractivity contribution < 1.29 is 64.6 Å². The zero-order valence-electron chi connectivity index (χ0n) is 55.1. The molecule has 12 atom stereocenters. The van der Waals surface area contributed by atoms with Crippen LogP contribution in [-0.2, 0) is 23.7 Å². The number of carbonyl (C=O) groups excluding carboxylic acids is 1. The first-order valence-corrected chi connectivity index (χ1v) is 36.8. The number of hydrogen-bond acceptors (Lipinski definition) is 13. The number of unbranched alkanes of at least 4 members (excludes halogenated alkanes) is 49. The topological polar surface area (TPSA) is 228 Å². The van der Waals surface area contributed by atoms with Gasteiger partial charge in [-0.1, -0.05) is 335 Å². The van der Waals surface area contributed by atoms with Gasteiger partial charge in [0.2, 0.25) is 5.91 Å². The van der Waals surface area contributed by atoms with Gasteiger partial charge in [-0.15, -0.1) is 0 Å². The molecular formula is C71H139NO13. The second kappa shape index (κ2) is 56.9.